The lowest BCUT2D eigenvalue weighted by atomic mass is 10.1. The molecule has 110 valence electrons. The van der Waals surface area contributed by atoms with Crippen LogP contribution < -0.4 is 4.74 Å². The van der Waals surface area contributed by atoms with Crippen LogP contribution in [0.15, 0.2) is 42.6 Å². The number of nitrogens with zero attached hydrogens (tertiary/aromatic N) is 1. The van der Waals surface area contributed by atoms with Crippen molar-refractivity contribution in [3.8, 4) is 17.0 Å². The van der Waals surface area contributed by atoms with Gasteiger partial charge in [0.05, 0.1) is 25.0 Å². The van der Waals surface area contributed by atoms with Gasteiger partial charge in [0.2, 0.25) is 0 Å². The lowest BCUT2D eigenvalue weighted by molar-refractivity contribution is 0.0600. The second-order valence-corrected chi connectivity index (χ2v) is 4.65. The number of aromatic nitrogens is 1. The third-order valence-electron chi connectivity index (χ3n) is 3.10. The molecule has 0 amide bonds. The van der Waals surface area contributed by atoms with Crippen LogP contribution in [-0.2, 0) is 4.74 Å². The van der Waals surface area contributed by atoms with Gasteiger partial charge in [0.25, 0.3) is 0 Å². The average Bonchev–Trinajstić information content (AvgIpc) is 2.55. The van der Waals surface area contributed by atoms with Crippen molar-refractivity contribution in [1.29, 1.82) is 0 Å². The summed E-state index contributed by atoms with van der Waals surface area (Å²) in [6.07, 6.45) is 3.76. The summed E-state index contributed by atoms with van der Waals surface area (Å²) in [6.45, 7) is 2.86. The molecule has 4 nitrogen and oxygen atoms in total. The normalized spacial score (nSPS) is 10.2. The van der Waals surface area contributed by atoms with E-state index in [4.69, 9.17) is 9.47 Å². The second-order valence-electron chi connectivity index (χ2n) is 4.65. The molecule has 0 N–H and O–H groups in total. The Morgan fingerprint density at radius 3 is 2.62 bits per heavy atom. The second kappa shape index (κ2) is 7.43. The molecule has 0 aliphatic heterocycles. The first-order chi connectivity index (χ1) is 10.2. The van der Waals surface area contributed by atoms with Crippen molar-refractivity contribution in [2.75, 3.05) is 13.7 Å². The Labute approximate surface area is 124 Å². The first kappa shape index (κ1) is 15.0. The number of ether oxygens (including phenoxy) is 2. The Morgan fingerprint density at radius 1 is 1.19 bits per heavy atom. The molecule has 0 saturated heterocycles. The van der Waals surface area contributed by atoms with Gasteiger partial charge in [0.15, 0.2) is 0 Å². The quantitative estimate of drug-likeness (QED) is 0.599. The van der Waals surface area contributed by atoms with Gasteiger partial charge in [-0.25, -0.2) is 4.79 Å². The van der Waals surface area contributed by atoms with E-state index in [1.165, 1.54) is 7.11 Å². The summed E-state index contributed by atoms with van der Waals surface area (Å²) >= 11 is 0. The molecule has 1 aromatic heterocycles. The SMILES string of the molecule is CCCCOc1ccc(-c2cc(C(=O)OC)ccn2)cc1. The topological polar surface area (TPSA) is 48.4 Å². The highest BCUT2D eigenvalue weighted by Crippen LogP contribution is 2.21. The van der Waals surface area contributed by atoms with Crippen LogP contribution in [0.3, 0.4) is 0 Å². The molecule has 2 aromatic rings. The van der Waals surface area contributed by atoms with Gasteiger partial charge in [-0.15, -0.1) is 0 Å². The number of methoxy groups -OCH3 is 1. The van der Waals surface area contributed by atoms with Crippen molar-refractivity contribution < 1.29 is 14.3 Å². The van der Waals surface area contributed by atoms with E-state index in [1.807, 2.05) is 24.3 Å². The van der Waals surface area contributed by atoms with Gasteiger partial charge in [-0.2, -0.15) is 0 Å². The fourth-order valence-electron chi connectivity index (χ4n) is 1.89. The molecule has 1 aromatic carbocycles. The van der Waals surface area contributed by atoms with Gasteiger partial charge < -0.3 is 9.47 Å². The largest absolute Gasteiger partial charge is 0.494 e. The summed E-state index contributed by atoms with van der Waals surface area (Å²) in [5.41, 5.74) is 2.16. The number of hydrogen-bond acceptors (Lipinski definition) is 4. The number of carbonyl (C=O) groups excluding carboxylic acids is 1. The van der Waals surface area contributed by atoms with Crippen LogP contribution in [0, 0.1) is 0 Å². The minimum absolute atomic E-state index is 0.363. The Balaban J connectivity index is 2.13. The number of benzene rings is 1. The zero-order valence-corrected chi connectivity index (χ0v) is 12.3. The average molecular weight is 285 g/mol. The molecule has 1 heterocycles. The summed E-state index contributed by atoms with van der Waals surface area (Å²) in [7, 11) is 1.37. The summed E-state index contributed by atoms with van der Waals surface area (Å²) < 4.78 is 10.3. The Bertz CT molecular complexity index is 593. The summed E-state index contributed by atoms with van der Waals surface area (Å²) in [5.74, 6) is 0.481. The molecule has 0 bridgehead atoms. The van der Waals surface area contributed by atoms with E-state index in [2.05, 4.69) is 11.9 Å². The van der Waals surface area contributed by atoms with E-state index in [0.717, 1.165) is 36.5 Å². The standard InChI is InChI=1S/C17H19NO3/c1-3-4-11-21-15-7-5-13(6-8-15)16-12-14(9-10-18-16)17(19)20-2/h5-10,12H,3-4,11H2,1-2H3. The van der Waals surface area contributed by atoms with Crippen molar-refractivity contribution in [3.63, 3.8) is 0 Å². The molecule has 0 fully saturated rings. The van der Waals surface area contributed by atoms with E-state index in [0.29, 0.717) is 5.56 Å². The fraction of sp³-hybridized carbons (Fsp3) is 0.294. The van der Waals surface area contributed by atoms with Gasteiger partial charge >= 0.3 is 5.97 Å². The van der Waals surface area contributed by atoms with E-state index in [1.54, 1.807) is 18.3 Å². The predicted octanol–water partition coefficient (Wildman–Crippen LogP) is 3.71. The highest BCUT2D eigenvalue weighted by atomic mass is 16.5. The van der Waals surface area contributed by atoms with Crippen LogP contribution in [0.5, 0.6) is 5.75 Å². The van der Waals surface area contributed by atoms with Crippen molar-refractivity contribution in [3.05, 3.63) is 48.2 Å². The highest BCUT2D eigenvalue weighted by molar-refractivity contribution is 5.90. The number of rotatable bonds is 6. The monoisotopic (exact) mass is 285 g/mol. The van der Waals surface area contributed by atoms with Crippen molar-refractivity contribution in [2.45, 2.75) is 19.8 Å². The van der Waals surface area contributed by atoms with Crippen LogP contribution in [-0.4, -0.2) is 24.7 Å². The summed E-state index contributed by atoms with van der Waals surface area (Å²) in [5, 5.41) is 0. The Kier molecular flexibility index (Phi) is 5.32. The lowest BCUT2D eigenvalue weighted by Crippen LogP contribution is -2.01. The van der Waals surface area contributed by atoms with Crippen molar-refractivity contribution >= 4 is 5.97 Å². The molecule has 0 saturated carbocycles. The van der Waals surface area contributed by atoms with Crippen LogP contribution in [0.2, 0.25) is 0 Å². The Morgan fingerprint density at radius 2 is 1.95 bits per heavy atom. The molecule has 21 heavy (non-hydrogen) atoms. The summed E-state index contributed by atoms with van der Waals surface area (Å²) in [4.78, 5) is 15.8. The van der Waals surface area contributed by atoms with Crippen LogP contribution >= 0.6 is 0 Å². The third kappa shape index (κ3) is 4.05. The number of pyridine rings is 1. The Hall–Kier alpha value is -2.36. The number of carbonyl (C=O) groups is 1. The zero-order chi connectivity index (χ0) is 15.1. The summed E-state index contributed by atoms with van der Waals surface area (Å²) in [6, 6.07) is 11.1. The maximum absolute atomic E-state index is 11.5. The van der Waals surface area contributed by atoms with E-state index in [9.17, 15) is 4.79 Å². The third-order valence-corrected chi connectivity index (χ3v) is 3.10. The molecule has 0 aliphatic carbocycles. The molecule has 2 rings (SSSR count). The van der Waals surface area contributed by atoms with Crippen molar-refractivity contribution in [1.82, 2.24) is 4.98 Å². The van der Waals surface area contributed by atoms with Crippen LogP contribution in [0.25, 0.3) is 11.3 Å². The zero-order valence-electron chi connectivity index (χ0n) is 12.3. The maximum atomic E-state index is 11.5. The molecule has 0 radical (unpaired) electrons. The van der Waals surface area contributed by atoms with Gasteiger partial charge in [-0.05, 0) is 42.8 Å². The highest BCUT2D eigenvalue weighted by Gasteiger charge is 2.07. The number of unbranched alkanes of at least 4 members (excludes halogenated alkanes) is 1. The number of hydrogen-bond donors (Lipinski definition) is 0. The van der Waals surface area contributed by atoms with Crippen LogP contribution in [0.1, 0.15) is 30.1 Å². The number of esters is 1. The van der Waals surface area contributed by atoms with Crippen LogP contribution in [0.4, 0.5) is 0 Å². The van der Waals surface area contributed by atoms with E-state index < -0.39 is 0 Å². The van der Waals surface area contributed by atoms with Gasteiger partial charge in [-0.3, -0.25) is 4.98 Å². The smallest absolute Gasteiger partial charge is 0.337 e. The lowest BCUT2D eigenvalue weighted by Gasteiger charge is -2.07. The molecular formula is C17H19NO3. The molecule has 0 aliphatic rings. The predicted molar refractivity (Wildman–Crippen MR) is 81.4 cm³/mol. The first-order valence-corrected chi connectivity index (χ1v) is 7.02. The molecule has 0 atom stereocenters. The van der Waals surface area contributed by atoms with Gasteiger partial charge in [0, 0.05) is 11.8 Å². The minimum Gasteiger partial charge on any atom is -0.494 e. The van der Waals surface area contributed by atoms with Crippen molar-refractivity contribution in [2.24, 2.45) is 0 Å². The maximum Gasteiger partial charge on any atom is 0.337 e. The molecule has 0 spiro atoms. The minimum atomic E-state index is -0.363. The molecule has 4 heteroatoms. The molecular weight excluding hydrogens is 266 g/mol. The van der Waals surface area contributed by atoms with Gasteiger partial charge in [-0.1, -0.05) is 13.3 Å². The molecule has 0 unspecified atom stereocenters. The first-order valence-electron chi connectivity index (χ1n) is 7.02. The van der Waals surface area contributed by atoms with E-state index >= 15 is 0 Å². The van der Waals surface area contributed by atoms with E-state index in [-0.39, 0.29) is 5.97 Å². The fourth-order valence-corrected chi connectivity index (χ4v) is 1.89. The van der Waals surface area contributed by atoms with Gasteiger partial charge in [0.1, 0.15) is 5.75 Å².